The zero-order chi connectivity index (χ0) is 23.4. The number of hydrogen-bond donors (Lipinski definition) is 1. The lowest BCUT2D eigenvalue weighted by atomic mass is 9.94. The molecular weight excluding hydrogens is 417 g/mol. The Labute approximate surface area is 194 Å². The fourth-order valence-electron chi connectivity index (χ4n) is 4.55. The van der Waals surface area contributed by atoms with Crippen LogP contribution in [0.3, 0.4) is 0 Å². The molecule has 1 atom stereocenters. The molecule has 0 aromatic heterocycles. The monoisotopic (exact) mass is 447 g/mol. The van der Waals surface area contributed by atoms with Crippen LogP contribution in [0.4, 0.5) is 4.39 Å². The Morgan fingerprint density at radius 3 is 2.36 bits per heavy atom. The van der Waals surface area contributed by atoms with Crippen molar-refractivity contribution in [3.05, 3.63) is 83.7 Å². The summed E-state index contributed by atoms with van der Waals surface area (Å²) in [5.74, 6) is -0.349. The molecular formula is C27H30FN3O2. The molecule has 0 saturated carbocycles. The van der Waals surface area contributed by atoms with E-state index in [1.807, 2.05) is 66.4 Å². The second-order valence-electron chi connectivity index (χ2n) is 8.87. The van der Waals surface area contributed by atoms with Crippen LogP contribution in [0.2, 0.25) is 0 Å². The Hall–Kier alpha value is -3.25. The largest absolute Gasteiger partial charge is 0.354 e. The molecule has 0 aliphatic carbocycles. The minimum absolute atomic E-state index is 0.0150. The van der Waals surface area contributed by atoms with Gasteiger partial charge in [-0.2, -0.15) is 0 Å². The summed E-state index contributed by atoms with van der Waals surface area (Å²) in [6.45, 7) is 1.58. The van der Waals surface area contributed by atoms with Gasteiger partial charge in [0.2, 0.25) is 5.91 Å². The Kier molecular flexibility index (Phi) is 7.04. The number of halogens is 1. The number of hydrogen-bond acceptors (Lipinski definition) is 3. The molecule has 33 heavy (non-hydrogen) atoms. The van der Waals surface area contributed by atoms with Crippen LogP contribution in [0.1, 0.15) is 34.8 Å². The number of nitrogens with one attached hydrogen (secondary N) is 1. The van der Waals surface area contributed by atoms with Crippen molar-refractivity contribution in [1.29, 1.82) is 0 Å². The van der Waals surface area contributed by atoms with Crippen LogP contribution in [0.15, 0.2) is 66.7 Å². The predicted molar refractivity (Wildman–Crippen MR) is 128 cm³/mol. The number of likely N-dealkylation sites (tertiary alicyclic amines) is 1. The van der Waals surface area contributed by atoms with E-state index in [9.17, 15) is 14.0 Å². The van der Waals surface area contributed by atoms with E-state index in [1.54, 1.807) is 12.1 Å². The molecule has 4 rings (SSSR count). The van der Waals surface area contributed by atoms with Crippen LogP contribution >= 0.6 is 0 Å². The summed E-state index contributed by atoms with van der Waals surface area (Å²) in [7, 11) is 3.88. The van der Waals surface area contributed by atoms with E-state index in [1.165, 1.54) is 12.1 Å². The van der Waals surface area contributed by atoms with Crippen molar-refractivity contribution >= 4 is 22.6 Å². The second kappa shape index (κ2) is 10.1. The standard InChI is InChI=1S/C27H30FN3O2/c1-30(2)25(20-10-12-22(28)13-11-20)18-29-26(32)21-14-16-31(17-15-21)27(33)24-9-5-7-19-6-3-4-8-23(19)24/h3-13,21,25H,14-18H2,1-2H3,(H,29,32). The van der Waals surface area contributed by atoms with Crippen LogP contribution in [-0.2, 0) is 4.79 Å². The lowest BCUT2D eigenvalue weighted by Crippen LogP contribution is -2.44. The van der Waals surface area contributed by atoms with Crippen molar-refractivity contribution in [2.75, 3.05) is 33.7 Å². The van der Waals surface area contributed by atoms with Gasteiger partial charge in [-0.1, -0.05) is 48.5 Å². The van der Waals surface area contributed by atoms with Gasteiger partial charge in [-0.3, -0.25) is 9.59 Å². The lowest BCUT2D eigenvalue weighted by Gasteiger charge is -2.32. The Morgan fingerprint density at radius 1 is 1.00 bits per heavy atom. The summed E-state index contributed by atoms with van der Waals surface area (Å²) in [5.41, 5.74) is 1.67. The van der Waals surface area contributed by atoms with Crippen molar-refractivity contribution in [3.63, 3.8) is 0 Å². The quantitative estimate of drug-likeness (QED) is 0.615. The second-order valence-corrected chi connectivity index (χ2v) is 8.87. The number of fused-ring (bicyclic) bond motifs is 1. The summed E-state index contributed by atoms with van der Waals surface area (Å²) in [5, 5.41) is 5.08. The van der Waals surface area contributed by atoms with Gasteiger partial charge in [-0.25, -0.2) is 4.39 Å². The van der Waals surface area contributed by atoms with Gasteiger partial charge in [0.05, 0.1) is 6.04 Å². The van der Waals surface area contributed by atoms with Gasteiger partial charge in [0, 0.05) is 31.1 Å². The molecule has 3 aromatic rings. The van der Waals surface area contributed by atoms with Gasteiger partial charge in [-0.15, -0.1) is 0 Å². The normalized spacial score (nSPS) is 15.6. The van der Waals surface area contributed by atoms with Crippen molar-refractivity contribution in [1.82, 2.24) is 15.1 Å². The topological polar surface area (TPSA) is 52.7 Å². The highest BCUT2D eigenvalue weighted by Crippen LogP contribution is 2.24. The van der Waals surface area contributed by atoms with E-state index in [-0.39, 0.29) is 29.6 Å². The molecule has 6 heteroatoms. The molecule has 1 aliphatic rings. The number of carbonyl (C=O) groups is 2. The first kappa shape index (κ1) is 22.9. The summed E-state index contributed by atoms with van der Waals surface area (Å²) in [6.07, 6.45) is 1.29. The molecule has 2 amide bonds. The summed E-state index contributed by atoms with van der Waals surface area (Å²) in [6, 6.07) is 20.1. The smallest absolute Gasteiger partial charge is 0.254 e. The number of benzene rings is 3. The van der Waals surface area contributed by atoms with Crippen molar-refractivity contribution in [3.8, 4) is 0 Å². The van der Waals surface area contributed by atoms with Crippen LogP contribution in [0, 0.1) is 11.7 Å². The number of amides is 2. The van der Waals surface area contributed by atoms with Gasteiger partial charge in [0.25, 0.3) is 5.91 Å². The number of piperidine rings is 1. The van der Waals surface area contributed by atoms with Gasteiger partial charge in [-0.05, 0) is 61.5 Å². The van der Waals surface area contributed by atoms with E-state index in [2.05, 4.69) is 5.32 Å². The third-order valence-electron chi connectivity index (χ3n) is 6.52. The lowest BCUT2D eigenvalue weighted by molar-refractivity contribution is -0.126. The number of carbonyl (C=O) groups excluding carboxylic acids is 2. The maximum Gasteiger partial charge on any atom is 0.254 e. The average Bonchev–Trinajstić information content (AvgIpc) is 2.84. The van der Waals surface area contributed by atoms with Gasteiger partial charge >= 0.3 is 0 Å². The summed E-state index contributed by atoms with van der Waals surface area (Å²) in [4.78, 5) is 29.9. The van der Waals surface area contributed by atoms with Gasteiger partial charge < -0.3 is 15.1 Å². The highest BCUT2D eigenvalue weighted by molar-refractivity contribution is 6.07. The molecule has 1 saturated heterocycles. The van der Waals surface area contributed by atoms with E-state index >= 15 is 0 Å². The molecule has 0 spiro atoms. The number of rotatable bonds is 6. The predicted octanol–water partition coefficient (Wildman–Crippen LogP) is 4.25. The van der Waals surface area contributed by atoms with E-state index in [0.29, 0.717) is 38.0 Å². The molecule has 5 nitrogen and oxygen atoms in total. The maximum absolute atomic E-state index is 13.3. The molecule has 3 aromatic carbocycles. The first-order valence-corrected chi connectivity index (χ1v) is 11.4. The zero-order valence-corrected chi connectivity index (χ0v) is 19.1. The highest BCUT2D eigenvalue weighted by Gasteiger charge is 2.29. The number of likely N-dealkylation sites (N-methyl/N-ethyl adjacent to an activating group) is 1. The molecule has 1 aliphatic heterocycles. The maximum atomic E-state index is 13.3. The van der Waals surface area contributed by atoms with Crippen LogP contribution in [-0.4, -0.2) is 55.3 Å². The van der Waals surface area contributed by atoms with Crippen LogP contribution in [0.25, 0.3) is 10.8 Å². The van der Waals surface area contributed by atoms with Crippen molar-refractivity contribution in [2.24, 2.45) is 5.92 Å². The van der Waals surface area contributed by atoms with Gasteiger partial charge in [0.1, 0.15) is 5.82 Å². The first-order valence-electron chi connectivity index (χ1n) is 11.4. The Balaban J connectivity index is 1.34. The van der Waals surface area contributed by atoms with Crippen LogP contribution in [0.5, 0.6) is 0 Å². The number of nitrogens with zero attached hydrogens (tertiary/aromatic N) is 2. The van der Waals surface area contributed by atoms with E-state index in [4.69, 9.17) is 0 Å². The fourth-order valence-corrected chi connectivity index (χ4v) is 4.55. The molecule has 1 unspecified atom stereocenters. The van der Waals surface area contributed by atoms with Crippen molar-refractivity contribution < 1.29 is 14.0 Å². The summed E-state index contributed by atoms with van der Waals surface area (Å²) < 4.78 is 13.3. The van der Waals surface area contributed by atoms with Crippen LogP contribution < -0.4 is 5.32 Å². The molecule has 1 N–H and O–H groups in total. The molecule has 0 radical (unpaired) electrons. The zero-order valence-electron chi connectivity index (χ0n) is 19.1. The molecule has 0 bridgehead atoms. The Morgan fingerprint density at radius 2 is 1.67 bits per heavy atom. The SMILES string of the molecule is CN(C)C(CNC(=O)C1CCN(C(=O)c2cccc3ccccc23)CC1)c1ccc(F)cc1. The van der Waals surface area contributed by atoms with E-state index < -0.39 is 0 Å². The van der Waals surface area contributed by atoms with Gasteiger partial charge in [0.15, 0.2) is 0 Å². The fraction of sp³-hybridized carbons (Fsp3) is 0.333. The average molecular weight is 448 g/mol. The first-order chi connectivity index (χ1) is 15.9. The molecule has 1 fully saturated rings. The Bertz CT molecular complexity index is 1120. The van der Waals surface area contributed by atoms with E-state index in [0.717, 1.165) is 16.3 Å². The summed E-state index contributed by atoms with van der Waals surface area (Å²) >= 11 is 0. The third-order valence-corrected chi connectivity index (χ3v) is 6.52. The molecule has 172 valence electrons. The molecule has 1 heterocycles. The highest BCUT2D eigenvalue weighted by atomic mass is 19.1. The van der Waals surface area contributed by atoms with Crippen molar-refractivity contribution in [2.45, 2.75) is 18.9 Å². The minimum atomic E-state index is -0.273. The third kappa shape index (κ3) is 5.22. The minimum Gasteiger partial charge on any atom is -0.354 e.